The summed E-state index contributed by atoms with van der Waals surface area (Å²) in [5.74, 6) is -0.936. The van der Waals surface area contributed by atoms with Crippen LogP contribution in [0.2, 0.25) is 0 Å². The zero-order valence-electron chi connectivity index (χ0n) is 7.57. The number of amides is 1. The third kappa shape index (κ3) is 8.61. The van der Waals surface area contributed by atoms with Crippen molar-refractivity contribution < 1.29 is 24.3 Å². The molecule has 13 heavy (non-hydrogen) atoms. The van der Waals surface area contributed by atoms with Crippen LogP contribution in [0.3, 0.4) is 0 Å². The van der Waals surface area contributed by atoms with Crippen molar-refractivity contribution in [1.29, 1.82) is 0 Å². The maximum absolute atomic E-state index is 10.7. The molecular weight excluding hydrogens is 178 g/mol. The second-order valence-corrected chi connectivity index (χ2v) is 2.78. The highest BCUT2D eigenvalue weighted by Crippen LogP contribution is 1.92. The van der Waals surface area contributed by atoms with Gasteiger partial charge in [0, 0.05) is 0 Å². The summed E-state index contributed by atoms with van der Waals surface area (Å²) in [5, 5.41) is 8.13. The number of hydroxylamine groups is 1. The summed E-state index contributed by atoms with van der Waals surface area (Å²) in [6.45, 7) is 3.44. The number of hydrogen-bond acceptors (Lipinski definition) is 4. The molecule has 0 unspecified atom stereocenters. The van der Waals surface area contributed by atoms with Gasteiger partial charge in [-0.3, -0.25) is 4.84 Å². The second-order valence-electron chi connectivity index (χ2n) is 2.78. The van der Waals surface area contributed by atoms with Crippen molar-refractivity contribution in [2.24, 2.45) is 5.92 Å². The molecule has 0 saturated heterocycles. The van der Waals surface area contributed by atoms with Crippen molar-refractivity contribution >= 4 is 12.1 Å². The molecule has 0 aliphatic carbocycles. The first-order valence-electron chi connectivity index (χ1n) is 3.78. The quantitative estimate of drug-likeness (QED) is 0.614. The van der Waals surface area contributed by atoms with Crippen molar-refractivity contribution in [1.82, 2.24) is 5.48 Å². The van der Waals surface area contributed by atoms with E-state index in [4.69, 9.17) is 5.11 Å². The maximum atomic E-state index is 10.7. The molecule has 1 amide bonds. The lowest BCUT2D eigenvalue weighted by Crippen LogP contribution is -2.28. The molecule has 0 heterocycles. The van der Waals surface area contributed by atoms with E-state index in [9.17, 15) is 9.59 Å². The number of nitrogens with one attached hydrogen (secondary N) is 1. The predicted molar refractivity (Wildman–Crippen MR) is 42.9 cm³/mol. The van der Waals surface area contributed by atoms with Gasteiger partial charge in [0.05, 0.1) is 6.61 Å². The van der Waals surface area contributed by atoms with Gasteiger partial charge in [0.2, 0.25) is 0 Å². The topological polar surface area (TPSA) is 84.9 Å². The standard InChI is InChI=1S/C7H13NO5/c1-5(2)3-12-7(11)8-13-4-6(9)10/h5H,3-4H2,1-2H3,(H,8,11)(H,9,10). The molecule has 0 aromatic heterocycles. The van der Waals surface area contributed by atoms with Crippen molar-refractivity contribution in [2.45, 2.75) is 13.8 Å². The summed E-state index contributed by atoms with van der Waals surface area (Å²) < 4.78 is 4.62. The van der Waals surface area contributed by atoms with Crippen LogP contribution in [0.4, 0.5) is 4.79 Å². The molecule has 6 heteroatoms. The van der Waals surface area contributed by atoms with Gasteiger partial charge in [-0.15, -0.1) is 0 Å². The van der Waals surface area contributed by atoms with Gasteiger partial charge in [-0.05, 0) is 5.92 Å². The number of carboxylic acid groups (broad SMARTS) is 1. The molecule has 0 aromatic carbocycles. The van der Waals surface area contributed by atoms with Gasteiger partial charge < -0.3 is 9.84 Å². The van der Waals surface area contributed by atoms with Gasteiger partial charge in [-0.2, -0.15) is 5.48 Å². The fourth-order valence-electron chi connectivity index (χ4n) is 0.429. The molecule has 76 valence electrons. The molecular formula is C7H13NO5. The highest BCUT2D eigenvalue weighted by atomic mass is 16.7. The van der Waals surface area contributed by atoms with Crippen LogP contribution in [0.1, 0.15) is 13.8 Å². The summed E-state index contributed by atoms with van der Waals surface area (Å²) in [6, 6.07) is 0. The number of hydrogen-bond donors (Lipinski definition) is 2. The van der Waals surface area contributed by atoms with Crippen molar-refractivity contribution in [2.75, 3.05) is 13.2 Å². The van der Waals surface area contributed by atoms with Crippen LogP contribution < -0.4 is 5.48 Å². The van der Waals surface area contributed by atoms with Crippen molar-refractivity contribution in [3.8, 4) is 0 Å². The van der Waals surface area contributed by atoms with E-state index in [0.717, 1.165) is 0 Å². The SMILES string of the molecule is CC(C)COC(=O)NOCC(=O)O. The number of ether oxygens (including phenoxy) is 1. The first-order valence-corrected chi connectivity index (χ1v) is 3.78. The Balaban J connectivity index is 3.35. The molecule has 0 fully saturated rings. The van der Waals surface area contributed by atoms with Gasteiger partial charge in [0.15, 0.2) is 6.61 Å². The summed E-state index contributed by atoms with van der Waals surface area (Å²) in [4.78, 5) is 24.9. The van der Waals surface area contributed by atoms with Crippen molar-refractivity contribution in [3.05, 3.63) is 0 Å². The molecule has 2 N–H and O–H groups in total. The highest BCUT2D eigenvalue weighted by Gasteiger charge is 2.04. The zero-order valence-corrected chi connectivity index (χ0v) is 7.57. The Kier molecular flexibility index (Phi) is 5.62. The molecule has 0 saturated carbocycles. The number of rotatable bonds is 5. The Hall–Kier alpha value is -1.30. The Morgan fingerprint density at radius 1 is 1.46 bits per heavy atom. The van der Waals surface area contributed by atoms with E-state index in [-0.39, 0.29) is 12.5 Å². The summed E-state index contributed by atoms with van der Waals surface area (Å²) >= 11 is 0. The molecule has 0 aliphatic heterocycles. The average molecular weight is 191 g/mol. The van der Waals surface area contributed by atoms with Gasteiger partial charge in [-0.25, -0.2) is 9.59 Å². The zero-order chi connectivity index (χ0) is 10.3. The Labute approximate surface area is 75.8 Å². The Bertz CT molecular complexity index is 180. The normalized spacial score (nSPS) is 9.77. The molecule has 0 bridgehead atoms. The largest absolute Gasteiger partial charge is 0.479 e. The fourth-order valence-corrected chi connectivity index (χ4v) is 0.429. The summed E-state index contributed by atoms with van der Waals surface area (Å²) in [7, 11) is 0. The van der Waals surface area contributed by atoms with E-state index in [1.165, 1.54) is 0 Å². The van der Waals surface area contributed by atoms with Gasteiger partial charge in [0.1, 0.15) is 0 Å². The lowest BCUT2D eigenvalue weighted by Gasteiger charge is -2.07. The van der Waals surface area contributed by atoms with Gasteiger partial charge in [0.25, 0.3) is 0 Å². The Morgan fingerprint density at radius 3 is 2.54 bits per heavy atom. The van der Waals surface area contributed by atoms with Gasteiger partial charge in [-0.1, -0.05) is 13.8 Å². The second kappa shape index (κ2) is 6.24. The minimum Gasteiger partial charge on any atom is -0.479 e. The average Bonchev–Trinajstić information content (AvgIpc) is 2.00. The predicted octanol–water partition coefficient (Wildman–Crippen LogP) is 0.385. The van der Waals surface area contributed by atoms with E-state index in [1.807, 2.05) is 19.3 Å². The lowest BCUT2D eigenvalue weighted by atomic mass is 10.2. The smallest absolute Gasteiger partial charge is 0.431 e. The molecule has 0 rings (SSSR count). The van der Waals surface area contributed by atoms with Gasteiger partial charge >= 0.3 is 12.1 Å². The van der Waals surface area contributed by atoms with Crippen molar-refractivity contribution in [3.63, 3.8) is 0 Å². The number of carboxylic acids is 1. The van der Waals surface area contributed by atoms with E-state index >= 15 is 0 Å². The minimum absolute atomic E-state index is 0.227. The van der Waals surface area contributed by atoms with E-state index in [2.05, 4.69) is 9.57 Å². The monoisotopic (exact) mass is 191 g/mol. The molecule has 0 aliphatic rings. The number of carbonyl (C=O) groups excluding carboxylic acids is 1. The first kappa shape index (κ1) is 11.7. The Morgan fingerprint density at radius 2 is 2.08 bits per heavy atom. The molecule has 0 aromatic rings. The molecule has 0 atom stereocenters. The van der Waals surface area contributed by atoms with Crippen LogP contribution >= 0.6 is 0 Å². The number of carbonyl (C=O) groups is 2. The first-order chi connectivity index (χ1) is 6.02. The molecule has 0 radical (unpaired) electrons. The van der Waals surface area contributed by atoms with Crippen LogP contribution in [0, 0.1) is 5.92 Å². The van der Waals surface area contributed by atoms with Crippen LogP contribution in [0.25, 0.3) is 0 Å². The van der Waals surface area contributed by atoms with E-state index in [1.54, 1.807) is 0 Å². The summed E-state index contributed by atoms with van der Waals surface area (Å²) in [6.07, 6.45) is -0.782. The lowest BCUT2D eigenvalue weighted by molar-refractivity contribution is -0.144. The number of aliphatic carboxylic acids is 1. The fraction of sp³-hybridized carbons (Fsp3) is 0.714. The van der Waals surface area contributed by atoms with Crippen LogP contribution in [0.5, 0.6) is 0 Å². The maximum Gasteiger partial charge on any atom is 0.431 e. The van der Waals surface area contributed by atoms with Crippen LogP contribution in [0.15, 0.2) is 0 Å². The van der Waals surface area contributed by atoms with E-state index < -0.39 is 18.7 Å². The summed E-state index contributed by atoms with van der Waals surface area (Å²) in [5.41, 5.74) is 1.83. The van der Waals surface area contributed by atoms with Crippen LogP contribution in [-0.2, 0) is 14.4 Å². The molecule has 0 spiro atoms. The minimum atomic E-state index is -1.16. The van der Waals surface area contributed by atoms with E-state index in [0.29, 0.717) is 0 Å². The third-order valence-corrected chi connectivity index (χ3v) is 0.899. The third-order valence-electron chi connectivity index (χ3n) is 0.899. The highest BCUT2D eigenvalue weighted by molar-refractivity contribution is 5.69. The van der Waals surface area contributed by atoms with Crippen LogP contribution in [-0.4, -0.2) is 30.4 Å². The molecule has 6 nitrogen and oxygen atoms in total.